The summed E-state index contributed by atoms with van der Waals surface area (Å²) in [7, 11) is 5.14. The maximum atomic E-state index is 10.8. The average Bonchev–Trinajstić information content (AvgIpc) is 2.46. The number of H-pyrrole nitrogens is 1. The van der Waals surface area contributed by atoms with Gasteiger partial charge in [-0.3, -0.25) is 4.79 Å². The van der Waals surface area contributed by atoms with Crippen molar-refractivity contribution in [3.05, 3.63) is 22.2 Å². The van der Waals surface area contributed by atoms with Gasteiger partial charge in [-0.05, 0) is 12.2 Å². The molecular weight excluding hydrogens is 185 g/mol. The number of nitrogens with zero attached hydrogens (tertiary/aromatic N) is 2. The van der Waals surface area contributed by atoms with E-state index >= 15 is 0 Å². The van der Waals surface area contributed by atoms with Crippen LogP contribution in [0.25, 0.3) is 0 Å². The number of rotatable bonds is 0. The SMILES string of the molecule is [B]C(=O)N1Cc2cnc(=S)[nH]c2C1. The molecule has 0 spiro atoms. The predicted molar refractivity (Wildman–Crippen MR) is 49.8 cm³/mol. The Morgan fingerprint density at radius 3 is 3.15 bits per heavy atom. The number of aromatic amines is 1. The van der Waals surface area contributed by atoms with E-state index in [1.807, 2.05) is 0 Å². The molecule has 1 aliphatic rings. The molecule has 1 aromatic rings. The third kappa shape index (κ3) is 1.49. The number of hydrogen-bond donors (Lipinski definition) is 1. The number of hydrogen-bond acceptors (Lipinski definition) is 3. The highest BCUT2D eigenvalue weighted by atomic mass is 32.1. The van der Waals surface area contributed by atoms with Crippen molar-refractivity contribution in [3.63, 3.8) is 0 Å². The highest BCUT2D eigenvalue weighted by Crippen LogP contribution is 2.18. The molecule has 0 aromatic carbocycles. The third-order valence-corrected chi connectivity index (χ3v) is 2.21. The minimum Gasteiger partial charge on any atom is -0.342 e. The lowest BCUT2D eigenvalue weighted by molar-refractivity contribution is 0.222. The topological polar surface area (TPSA) is 49.0 Å². The lowest BCUT2D eigenvalue weighted by Gasteiger charge is -2.11. The van der Waals surface area contributed by atoms with Crippen molar-refractivity contribution in [2.24, 2.45) is 0 Å². The Morgan fingerprint density at radius 2 is 2.46 bits per heavy atom. The fourth-order valence-corrected chi connectivity index (χ4v) is 1.52. The van der Waals surface area contributed by atoms with Gasteiger partial charge >= 0.3 is 0 Å². The van der Waals surface area contributed by atoms with E-state index in [0.717, 1.165) is 11.3 Å². The second kappa shape index (κ2) is 2.95. The number of aromatic nitrogens is 2. The summed E-state index contributed by atoms with van der Waals surface area (Å²) in [6.45, 7) is 1.01. The first kappa shape index (κ1) is 8.43. The number of amides is 1. The van der Waals surface area contributed by atoms with Gasteiger partial charge in [-0.1, -0.05) is 0 Å². The van der Waals surface area contributed by atoms with Crippen molar-refractivity contribution in [2.45, 2.75) is 13.1 Å². The van der Waals surface area contributed by atoms with Crippen molar-refractivity contribution in [1.29, 1.82) is 0 Å². The van der Waals surface area contributed by atoms with Crippen LogP contribution in [0.4, 0.5) is 4.79 Å². The lowest BCUT2D eigenvalue weighted by Crippen LogP contribution is -2.23. The Bertz CT molecular complexity index is 416. The summed E-state index contributed by atoms with van der Waals surface area (Å²) in [5, 5.41) is 0. The van der Waals surface area contributed by atoms with Gasteiger partial charge in [-0.25, -0.2) is 4.98 Å². The fourth-order valence-electron chi connectivity index (χ4n) is 1.34. The van der Waals surface area contributed by atoms with Crippen molar-refractivity contribution >= 4 is 25.9 Å². The van der Waals surface area contributed by atoms with E-state index in [1.165, 1.54) is 4.90 Å². The fraction of sp³-hybridized carbons (Fsp3) is 0.286. The Balaban J connectivity index is 2.35. The molecule has 0 bridgehead atoms. The second-order valence-electron chi connectivity index (χ2n) is 2.89. The first-order valence-corrected chi connectivity index (χ1v) is 4.19. The van der Waals surface area contributed by atoms with Gasteiger partial charge in [-0.15, -0.1) is 0 Å². The summed E-state index contributed by atoms with van der Waals surface area (Å²) in [5.41, 5.74) is 1.91. The molecule has 0 aliphatic carbocycles. The zero-order chi connectivity index (χ0) is 9.42. The lowest BCUT2D eigenvalue weighted by atomic mass is 10.1. The minimum absolute atomic E-state index is 0.421. The zero-order valence-corrected chi connectivity index (χ0v) is 7.60. The first-order valence-electron chi connectivity index (χ1n) is 3.78. The number of carbonyl (C=O) groups excluding carboxylic acids is 1. The van der Waals surface area contributed by atoms with Crippen LogP contribution < -0.4 is 0 Å². The Hall–Kier alpha value is -1.17. The van der Waals surface area contributed by atoms with E-state index in [0.29, 0.717) is 17.9 Å². The summed E-state index contributed by atoms with van der Waals surface area (Å²) >= 11 is 4.86. The maximum absolute atomic E-state index is 10.8. The van der Waals surface area contributed by atoms with Crippen LogP contribution in [0, 0.1) is 4.77 Å². The van der Waals surface area contributed by atoms with Crippen LogP contribution >= 0.6 is 12.2 Å². The molecular formula is C7H6BN3OS. The van der Waals surface area contributed by atoms with Crippen LogP contribution in [0.5, 0.6) is 0 Å². The van der Waals surface area contributed by atoms with Gasteiger partial charge in [0.05, 0.1) is 6.54 Å². The number of fused-ring (bicyclic) bond motifs is 1. The molecule has 2 rings (SSSR count). The van der Waals surface area contributed by atoms with Gasteiger partial charge in [0.25, 0.3) is 0 Å². The maximum Gasteiger partial charge on any atom is 0.200 e. The molecule has 1 N–H and O–H groups in total. The summed E-state index contributed by atoms with van der Waals surface area (Å²) in [4.78, 5) is 19.2. The smallest absolute Gasteiger partial charge is 0.200 e. The Labute approximate surface area is 81.4 Å². The molecule has 2 radical (unpaired) electrons. The van der Waals surface area contributed by atoms with Crippen molar-refractivity contribution in [3.8, 4) is 0 Å². The van der Waals surface area contributed by atoms with Crippen LogP contribution in [0.3, 0.4) is 0 Å². The van der Waals surface area contributed by atoms with Gasteiger partial charge in [0.1, 0.15) is 0 Å². The average molecular weight is 191 g/mol. The largest absolute Gasteiger partial charge is 0.342 e. The van der Waals surface area contributed by atoms with Crippen molar-refractivity contribution in [2.75, 3.05) is 0 Å². The monoisotopic (exact) mass is 191 g/mol. The molecule has 1 aliphatic heterocycles. The molecule has 0 unspecified atom stereocenters. The summed E-state index contributed by atoms with van der Waals surface area (Å²) < 4.78 is 0.435. The quantitative estimate of drug-likeness (QED) is 0.486. The van der Waals surface area contributed by atoms with Crippen molar-refractivity contribution < 1.29 is 4.79 Å². The van der Waals surface area contributed by atoms with Gasteiger partial charge in [0.2, 0.25) is 7.85 Å². The van der Waals surface area contributed by atoms with Crippen LogP contribution in [0.2, 0.25) is 0 Å². The van der Waals surface area contributed by atoms with E-state index < -0.39 is 5.81 Å². The highest BCUT2D eigenvalue weighted by molar-refractivity contribution is 7.71. The first-order chi connectivity index (χ1) is 6.16. The number of carbonyl (C=O) groups is 1. The zero-order valence-electron chi connectivity index (χ0n) is 6.78. The Morgan fingerprint density at radius 1 is 1.69 bits per heavy atom. The van der Waals surface area contributed by atoms with E-state index in [1.54, 1.807) is 6.20 Å². The molecule has 0 saturated heterocycles. The third-order valence-electron chi connectivity index (χ3n) is 2.00. The van der Waals surface area contributed by atoms with Gasteiger partial charge in [-0.2, -0.15) is 0 Å². The molecule has 4 nitrogen and oxygen atoms in total. The molecule has 64 valence electrons. The molecule has 0 atom stereocenters. The molecule has 2 heterocycles. The molecule has 0 fully saturated rings. The highest BCUT2D eigenvalue weighted by Gasteiger charge is 2.20. The summed E-state index contributed by atoms with van der Waals surface area (Å²) in [6.07, 6.45) is 1.68. The molecule has 0 saturated carbocycles. The molecule has 1 aromatic heterocycles. The van der Waals surface area contributed by atoms with Crippen LogP contribution in [0.1, 0.15) is 11.3 Å². The van der Waals surface area contributed by atoms with E-state index in [9.17, 15) is 4.79 Å². The second-order valence-corrected chi connectivity index (χ2v) is 3.27. The normalized spacial score (nSPS) is 14.3. The molecule has 13 heavy (non-hydrogen) atoms. The molecule has 6 heteroatoms. The summed E-state index contributed by atoms with van der Waals surface area (Å²) in [5.74, 6) is -0.421. The Kier molecular flexibility index (Phi) is 1.92. The van der Waals surface area contributed by atoms with Crippen LogP contribution in [0.15, 0.2) is 6.20 Å². The predicted octanol–water partition coefficient (Wildman–Crippen LogP) is 0.743. The minimum atomic E-state index is -0.421. The van der Waals surface area contributed by atoms with Gasteiger partial charge < -0.3 is 9.88 Å². The van der Waals surface area contributed by atoms with Crippen LogP contribution in [-0.4, -0.2) is 28.5 Å². The molecule has 1 amide bonds. The van der Waals surface area contributed by atoms with Gasteiger partial charge in [0, 0.05) is 24.0 Å². The van der Waals surface area contributed by atoms with E-state index in [4.69, 9.17) is 20.1 Å². The summed E-state index contributed by atoms with van der Waals surface area (Å²) in [6, 6.07) is 0. The van der Waals surface area contributed by atoms with Crippen molar-refractivity contribution in [1.82, 2.24) is 14.9 Å². The number of nitrogens with one attached hydrogen (secondary N) is 1. The van der Waals surface area contributed by atoms with Gasteiger partial charge in [0.15, 0.2) is 10.6 Å². The van der Waals surface area contributed by atoms with E-state index in [-0.39, 0.29) is 0 Å². The standard InChI is InChI=1S/C7H6BN3OS/c8-6(12)11-2-4-1-9-7(13)10-5(4)3-11/h1H,2-3H2,(H,9,10,13). The van der Waals surface area contributed by atoms with E-state index in [2.05, 4.69) is 9.97 Å². The van der Waals surface area contributed by atoms with Crippen LogP contribution in [-0.2, 0) is 13.1 Å².